The molecule has 1 spiro atoms. The molecule has 1 saturated heterocycles. The van der Waals surface area contributed by atoms with Crippen molar-refractivity contribution in [2.75, 3.05) is 13.1 Å². The third kappa shape index (κ3) is 2.85. The van der Waals surface area contributed by atoms with E-state index in [4.69, 9.17) is 0 Å². The standard InChI is InChI=1S/C15H30N2/c1-4-8-13(3)17-12-15(9-6-7-10-15)16-11-14(17)5-2/h13-14,16H,4-12H2,1-3H3. The second-order valence-electron chi connectivity index (χ2n) is 6.24. The van der Waals surface area contributed by atoms with Gasteiger partial charge < -0.3 is 5.32 Å². The van der Waals surface area contributed by atoms with E-state index in [-0.39, 0.29) is 0 Å². The predicted octanol–water partition coefficient (Wildman–Crippen LogP) is 3.17. The van der Waals surface area contributed by atoms with Gasteiger partial charge in [-0.1, -0.05) is 33.1 Å². The van der Waals surface area contributed by atoms with Gasteiger partial charge in [0.1, 0.15) is 0 Å². The lowest BCUT2D eigenvalue weighted by Crippen LogP contribution is -2.64. The van der Waals surface area contributed by atoms with Gasteiger partial charge in [0.15, 0.2) is 0 Å². The van der Waals surface area contributed by atoms with Crippen LogP contribution in [0.1, 0.15) is 65.7 Å². The summed E-state index contributed by atoms with van der Waals surface area (Å²) < 4.78 is 0. The molecular formula is C15H30N2. The molecule has 1 heterocycles. The van der Waals surface area contributed by atoms with Gasteiger partial charge in [-0.15, -0.1) is 0 Å². The zero-order valence-corrected chi connectivity index (χ0v) is 12.0. The maximum Gasteiger partial charge on any atom is 0.0309 e. The molecule has 2 fully saturated rings. The molecule has 17 heavy (non-hydrogen) atoms. The SMILES string of the molecule is CCCC(C)N1CC2(CCCC2)NCC1CC. The van der Waals surface area contributed by atoms with Crippen LogP contribution >= 0.6 is 0 Å². The monoisotopic (exact) mass is 238 g/mol. The van der Waals surface area contributed by atoms with E-state index in [1.807, 2.05) is 0 Å². The molecule has 1 N–H and O–H groups in total. The van der Waals surface area contributed by atoms with Gasteiger partial charge in [0.05, 0.1) is 0 Å². The highest BCUT2D eigenvalue weighted by Crippen LogP contribution is 2.34. The summed E-state index contributed by atoms with van der Waals surface area (Å²) in [5.74, 6) is 0. The largest absolute Gasteiger partial charge is 0.308 e. The van der Waals surface area contributed by atoms with Gasteiger partial charge in [-0.25, -0.2) is 0 Å². The molecule has 1 aliphatic carbocycles. The number of hydrogen-bond acceptors (Lipinski definition) is 2. The average molecular weight is 238 g/mol. The number of nitrogens with zero attached hydrogens (tertiary/aromatic N) is 1. The van der Waals surface area contributed by atoms with Crippen molar-refractivity contribution >= 4 is 0 Å². The first-order valence-electron chi connectivity index (χ1n) is 7.71. The van der Waals surface area contributed by atoms with Gasteiger partial charge in [0, 0.05) is 30.7 Å². The van der Waals surface area contributed by atoms with Crippen LogP contribution < -0.4 is 5.32 Å². The highest BCUT2D eigenvalue weighted by Gasteiger charge is 2.41. The van der Waals surface area contributed by atoms with Gasteiger partial charge in [-0.3, -0.25) is 4.90 Å². The molecule has 0 aromatic rings. The Morgan fingerprint density at radius 2 is 2.00 bits per heavy atom. The van der Waals surface area contributed by atoms with Crippen molar-refractivity contribution in [2.24, 2.45) is 0 Å². The summed E-state index contributed by atoms with van der Waals surface area (Å²) in [5, 5.41) is 3.88. The maximum atomic E-state index is 3.88. The number of piperazine rings is 1. The van der Waals surface area contributed by atoms with E-state index in [1.54, 1.807) is 0 Å². The van der Waals surface area contributed by atoms with Crippen molar-refractivity contribution in [3.05, 3.63) is 0 Å². The molecule has 2 heteroatoms. The number of rotatable bonds is 4. The number of nitrogens with one attached hydrogen (secondary N) is 1. The number of hydrogen-bond donors (Lipinski definition) is 1. The third-order valence-corrected chi connectivity index (χ3v) is 4.97. The lowest BCUT2D eigenvalue weighted by Gasteiger charge is -2.49. The Morgan fingerprint density at radius 3 is 2.59 bits per heavy atom. The Kier molecular flexibility index (Phi) is 4.48. The highest BCUT2D eigenvalue weighted by molar-refractivity contribution is 5.01. The summed E-state index contributed by atoms with van der Waals surface area (Å²) in [5.41, 5.74) is 0.480. The van der Waals surface area contributed by atoms with E-state index < -0.39 is 0 Å². The first-order valence-corrected chi connectivity index (χ1v) is 7.71. The minimum Gasteiger partial charge on any atom is -0.308 e. The molecule has 2 aliphatic rings. The van der Waals surface area contributed by atoms with Crippen molar-refractivity contribution in [2.45, 2.75) is 83.3 Å². The lowest BCUT2D eigenvalue weighted by molar-refractivity contribution is 0.0435. The molecule has 0 bridgehead atoms. The fraction of sp³-hybridized carbons (Fsp3) is 1.00. The summed E-state index contributed by atoms with van der Waals surface area (Å²) >= 11 is 0. The predicted molar refractivity (Wildman–Crippen MR) is 74.4 cm³/mol. The van der Waals surface area contributed by atoms with Crippen molar-refractivity contribution in [1.29, 1.82) is 0 Å². The van der Waals surface area contributed by atoms with E-state index in [9.17, 15) is 0 Å². The van der Waals surface area contributed by atoms with Crippen molar-refractivity contribution in [3.8, 4) is 0 Å². The van der Waals surface area contributed by atoms with Gasteiger partial charge in [-0.05, 0) is 32.6 Å². The molecule has 2 nitrogen and oxygen atoms in total. The van der Waals surface area contributed by atoms with Gasteiger partial charge >= 0.3 is 0 Å². The van der Waals surface area contributed by atoms with Crippen LogP contribution in [0.15, 0.2) is 0 Å². The summed E-state index contributed by atoms with van der Waals surface area (Å²) in [4.78, 5) is 2.81. The van der Waals surface area contributed by atoms with Crippen molar-refractivity contribution in [1.82, 2.24) is 10.2 Å². The smallest absolute Gasteiger partial charge is 0.0309 e. The Balaban J connectivity index is 2.02. The molecule has 0 aromatic carbocycles. The zero-order valence-electron chi connectivity index (χ0n) is 12.0. The summed E-state index contributed by atoms with van der Waals surface area (Å²) in [6.07, 6.45) is 9.62. The van der Waals surface area contributed by atoms with Crippen molar-refractivity contribution < 1.29 is 0 Å². The van der Waals surface area contributed by atoms with Crippen LogP contribution in [-0.2, 0) is 0 Å². The van der Waals surface area contributed by atoms with E-state index in [0.29, 0.717) is 5.54 Å². The van der Waals surface area contributed by atoms with Crippen LogP contribution in [0.4, 0.5) is 0 Å². The van der Waals surface area contributed by atoms with Crippen LogP contribution in [0.5, 0.6) is 0 Å². The summed E-state index contributed by atoms with van der Waals surface area (Å²) in [6.45, 7) is 9.59. The lowest BCUT2D eigenvalue weighted by atomic mass is 9.90. The normalized spacial score (nSPS) is 30.9. The van der Waals surface area contributed by atoms with E-state index >= 15 is 0 Å². The van der Waals surface area contributed by atoms with Gasteiger partial charge in [-0.2, -0.15) is 0 Å². The van der Waals surface area contributed by atoms with Crippen LogP contribution in [0.25, 0.3) is 0 Å². The minimum atomic E-state index is 0.480. The van der Waals surface area contributed by atoms with Crippen LogP contribution in [0.3, 0.4) is 0 Å². The van der Waals surface area contributed by atoms with Crippen LogP contribution in [0.2, 0.25) is 0 Å². The van der Waals surface area contributed by atoms with Gasteiger partial charge in [0.25, 0.3) is 0 Å². The van der Waals surface area contributed by atoms with Gasteiger partial charge in [0.2, 0.25) is 0 Å². The Hall–Kier alpha value is -0.0800. The molecule has 0 aromatic heterocycles. The summed E-state index contributed by atoms with van der Waals surface area (Å²) in [7, 11) is 0. The molecule has 2 rings (SSSR count). The molecule has 1 saturated carbocycles. The fourth-order valence-electron chi connectivity index (χ4n) is 3.85. The molecule has 2 atom stereocenters. The quantitative estimate of drug-likeness (QED) is 0.809. The third-order valence-electron chi connectivity index (χ3n) is 4.97. The average Bonchev–Trinajstić information content (AvgIpc) is 2.78. The van der Waals surface area contributed by atoms with Crippen LogP contribution in [-0.4, -0.2) is 35.6 Å². The molecular weight excluding hydrogens is 208 g/mol. The Bertz CT molecular complexity index is 233. The topological polar surface area (TPSA) is 15.3 Å². The second kappa shape index (κ2) is 5.71. The second-order valence-corrected chi connectivity index (χ2v) is 6.24. The van der Waals surface area contributed by atoms with E-state index in [0.717, 1.165) is 12.1 Å². The zero-order chi connectivity index (χ0) is 12.3. The maximum absolute atomic E-state index is 3.88. The fourth-order valence-corrected chi connectivity index (χ4v) is 3.85. The molecule has 2 unspecified atom stereocenters. The Labute approximate surface area is 107 Å². The molecule has 100 valence electrons. The molecule has 0 radical (unpaired) electrons. The minimum absolute atomic E-state index is 0.480. The highest BCUT2D eigenvalue weighted by atomic mass is 15.3. The first kappa shape index (κ1) is 13.4. The Morgan fingerprint density at radius 1 is 1.29 bits per heavy atom. The van der Waals surface area contributed by atoms with Crippen LogP contribution in [0, 0.1) is 0 Å². The summed E-state index contributed by atoms with van der Waals surface area (Å²) in [6, 6.07) is 1.53. The molecule has 0 amide bonds. The molecule has 1 aliphatic heterocycles. The van der Waals surface area contributed by atoms with E-state index in [1.165, 1.54) is 58.0 Å². The van der Waals surface area contributed by atoms with E-state index in [2.05, 4.69) is 31.0 Å². The van der Waals surface area contributed by atoms with Crippen molar-refractivity contribution in [3.63, 3.8) is 0 Å². The first-order chi connectivity index (χ1) is 8.21.